The lowest BCUT2D eigenvalue weighted by Crippen LogP contribution is -2.46. The number of likely N-dealkylation sites (tertiary alicyclic amines) is 2. The summed E-state index contributed by atoms with van der Waals surface area (Å²) >= 11 is 0. The van der Waals surface area contributed by atoms with Crippen LogP contribution in [0.3, 0.4) is 0 Å². The van der Waals surface area contributed by atoms with Gasteiger partial charge in [-0.2, -0.15) is 0 Å². The molecule has 5 heteroatoms. The second kappa shape index (κ2) is 7.20. The van der Waals surface area contributed by atoms with E-state index >= 15 is 0 Å². The third-order valence-corrected chi connectivity index (χ3v) is 4.75. The fraction of sp³-hybridized carbons (Fsp3) is 0.889. The molecule has 2 rings (SSSR count). The number of carbonyl (C=O) groups excluding carboxylic acids is 2. The van der Waals surface area contributed by atoms with Gasteiger partial charge in [-0.25, -0.2) is 4.79 Å². The first-order valence-corrected chi connectivity index (χ1v) is 8.97. The summed E-state index contributed by atoms with van der Waals surface area (Å²) in [5, 5.41) is 0. The summed E-state index contributed by atoms with van der Waals surface area (Å²) in [6.45, 7) is 11.7. The summed E-state index contributed by atoms with van der Waals surface area (Å²) in [6, 6.07) is 0.397. The predicted octanol–water partition coefficient (Wildman–Crippen LogP) is 2.58. The number of carbonyl (C=O) groups is 2. The number of hydrogen-bond acceptors (Lipinski definition) is 4. The zero-order valence-electron chi connectivity index (χ0n) is 15.3. The molecule has 2 atom stereocenters. The van der Waals surface area contributed by atoms with Crippen molar-refractivity contribution >= 4 is 11.9 Å². The second-order valence-electron chi connectivity index (χ2n) is 8.11. The summed E-state index contributed by atoms with van der Waals surface area (Å²) in [5.41, 5.74) is -0.506. The van der Waals surface area contributed by atoms with Crippen molar-refractivity contribution in [2.45, 2.75) is 90.4 Å². The Balaban J connectivity index is 1.96. The topological polar surface area (TPSA) is 49.9 Å². The highest BCUT2D eigenvalue weighted by Gasteiger charge is 2.38. The highest BCUT2D eigenvalue weighted by molar-refractivity contribution is 5.85. The number of nitrogens with zero attached hydrogens (tertiary/aromatic N) is 2. The van der Waals surface area contributed by atoms with Crippen LogP contribution >= 0.6 is 0 Å². The lowest BCUT2D eigenvalue weighted by molar-refractivity contribution is -0.163. The molecule has 0 aliphatic carbocycles. The number of ether oxygens (including phenoxy) is 1. The molecule has 0 aromatic heterocycles. The molecule has 0 unspecified atom stereocenters. The lowest BCUT2D eigenvalue weighted by atomic mass is 10.1. The maximum Gasteiger partial charge on any atom is 0.329 e. The van der Waals surface area contributed by atoms with Gasteiger partial charge in [0.1, 0.15) is 11.6 Å². The van der Waals surface area contributed by atoms with Crippen molar-refractivity contribution in [2.75, 3.05) is 13.1 Å². The Morgan fingerprint density at radius 3 is 2.39 bits per heavy atom. The van der Waals surface area contributed by atoms with Crippen LogP contribution in [-0.2, 0) is 14.3 Å². The van der Waals surface area contributed by atoms with Crippen LogP contribution < -0.4 is 0 Å². The smallest absolute Gasteiger partial charge is 0.329 e. The SMILES string of the molecule is CC(C)N1CCC[C@H]1CC(=O)N1CCC[C@@H]1C(=O)OC(C)(C)C. The van der Waals surface area contributed by atoms with Crippen molar-refractivity contribution in [1.82, 2.24) is 9.80 Å². The van der Waals surface area contributed by atoms with Gasteiger partial charge < -0.3 is 9.64 Å². The van der Waals surface area contributed by atoms with Crippen LogP contribution in [0.25, 0.3) is 0 Å². The Morgan fingerprint density at radius 2 is 1.78 bits per heavy atom. The van der Waals surface area contributed by atoms with E-state index in [4.69, 9.17) is 4.74 Å². The molecular formula is C18H32N2O3. The zero-order valence-corrected chi connectivity index (χ0v) is 15.3. The first kappa shape index (κ1) is 18.2. The van der Waals surface area contributed by atoms with Gasteiger partial charge in [-0.1, -0.05) is 0 Å². The quantitative estimate of drug-likeness (QED) is 0.746. The van der Waals surface area contributed by atoms with Gasteiger partial charge in [0.25, 0.3) is 0 Å². The van der Waals surface area contributed by atoms with Crippen molar-refractivity contribution in [3.63, 3.8) is 0 Å². The highest BCUT2D eigenvalue weighted by Crippen LogP contribution is 2.26. The Bertz CT molecular complexity index is 442. The van der Waals surface area contributed by atoms with Crippen molar-refractivity contribution in [3.8, 4) is 0 Å². The summed E-state index contributed by atoms with van der Waals surface area (Å²) in [6.07, 6.45) is 4.37. The van der Waals surface area contributed by atoms with Gasteiger partial charge in [-0.05, 0) is 66.8 Å². The van der Waals surface area contributed by atoms with E-state index in [1.54, 1.807) is 4.90 Å². The van der Waals surface area contributed by atoms with E-state index in [1.165, 1.54) is 0 Å². The molecule has 0 bridgehead atoms. The number of rotatable bonds is 4. The van der Waals surface area contributed by atoms with Crippen LogP contribution in [0.15, 0.2) is 0 Å². The number of hydrogen-bond donors (Lipinski definition) is 0. The molecule has 2 heterocycles. The number of amides is 1. The molecule has 5 nitrogen and oxygen atoms in total. The summed E-state index contributed by atoms with van der Waals surface area (Å²) in [7, 11) is 0. The van der Waals surface area contributed by atoms with Crippen LogP contribution in [0, 0.1) is 0 Å². The molecule has 0 N–H and O–H groups in total. The van der Waals surface area contributed by atoms with Gasteiger partial charge in [0, 0.05) is 25.0 Å². The molecule has 2 aliphatic rings. The second-order valence-corrected chi connectivity index (χ2v) is 8.11. The summed E-state index contributed by atoms with van der Waals surface area (Å²) < 4.78 is 5.49. The molecule has 2 aliphatic heterocycles. The van der Waals surface area contributed by atoms with Crippen molar-refractivity contribution in [1.29, 1.82) is 0 Å². The average molecular weight is 324 g/mol. The summed E-state index contributed by atoms with van der Waals surface area (Å²) in [4.78, 5) is 29.3. The van der Waals surface area contributed by atoms with E-state index in [2.05, 4.69) is 18.7 Å². The third-order valence-electron chi connectivity index (χ3n) is 4.75. The van der Waals surface area contributed by atoms with Gasteiger partial charge >= 0.3 is 5.97 Å². The normalized spacial score (nSPS) is 26.1. The van der Waals surface area contributed by atoms with Crippen molar-refractivity contribution in [3.05, 3.63) is 0 Å². The molecule has 0 aromatic carbocycles. The average Bonchev–Trinajstić information content (AvgIpc) is 3.04. The van der Waals surface area contributed by atoms with Crippen LogP contribution in [0.5, 0.6) is 0 Å². The molecule has 23 heavy (non-hydrogen) atoms. The third kappa shape index (κ3) is 4.69. The van der Waals surface area contributed by atoms with E-state index in [9.17, 15) is 9.59 Å². The van der Waals surface area contributed by atoms with E-state index in [0.29, 0.717) is 25.0 Å². The van der Waals surface area contributed by atoms with Crippen LogP contribution in [-0.4, -0.2) is 58.5 Å². The molecule has 2 saturated heterocycles. The van der Waals surface area contributed by atoms with E-state index < -0.39 is 11.6 Å². The molecule has 0 spiro atoms. The molecular weight excluding hydrogens is 292 g/mol. The molecule has 0 saturated carbocycles. The predicted molar refractivity (Wildman–Crippen MR) is 90.1 cm³/mol. The molecule has 0 aromatic rings. The van der Waals surface area contributed by atoms with Gasteiger partial charge in [0.05, 0.1) is 0 Å². The number of esters is 1. The van der Waals surface area contributed by atoms with Crippen LogP contribution in [0.2, 0.25) is 0 Å². The first-order valence-electron chi connectivity index (χ1n) is 8.97. The van der Waals surface area contributed by atoms with E-state index in [0.717, 1.165) is 32.2 Å². The molecule has 0 radical (unpaired) electrons. The molecule has 132 valence electrons. The van der Waals surface area contributed by atoms with E-state index in [1.807, 2.05) is 20.8 Å². The largest absolute Gasteiger partial charge is 0.458 e. The Morgan fingerprint density at radius 1 is 1.13 bits per heavy atom. The Hall–Kier alpha value is -1.10. The Kier molecular flexibility index (Phi) is 5.71. The van der Waals surface area contributed by atoms with Crippen molar-refractivity contribution < 1.29 is 14.3 Å². The van der Waals surface area contributed by atoms with Gasteiger partial charge in [0.2, 0.25) is 5.91 Å². The van der Waals surface area contributed by atoms with Gasteiger partial charge in [-0.15, -0.1) is 0 Å². The monoisotopic (exact) mass is 324 g/mol. The fourth-order valence-electron chi connectivity index (χ4n) is 3.76. The lowest BCUT2D eigenvalue weighted by Gasteiger charge is -2.31. The van der Waals surface area contributed by atoms with Crippen LogP contribution in [0.4, 0.5) is 0 Å². The van der Waals surface area contributed by atoms with Crippen LogP contribution in [0.1, 0.15) is 66.7 Å². The van der Waals surface area contributed by atoms with Gasteiger partial charge in [0.15, 0.2) is 0 Å². The highest BCUT2D eigenvalue weighted by atomic mass is 16.6. The molecule has 2 fully saturated rings. The summed E-state index contributed by atoms with van der Waals surface area (Å²) in [5.74, 6) is -0.147. The minimum absolute atomic E-state index is 0.107. The Labute approximate surface area is 140 Å². The maximum atomic E-state index is 12.7. The minimum atomic E-state index is -0.506. The fourth-order valence-corrected chi connectivity index (χ4v) is 3.76. The molecule has 1 amide bonds. The standard InChI is InChI=1S/C18H32N2O3/c1-13(2)19-10-6-8-14(19)12-16(21)20-11-7-9-15(20)17(22)23-18(3,4)5/h13-15H,6-12H2,1-5H3/t14-,15+/m0/s1. The maximum absolute atomic E-state index is 12.7. The van der Waals surface area contributed by atoms with E-state index in [-0.39, 0.29) is 11.9 Å². The first-order chi connectivity index (χ1) is 10.7. The zero-order chi connectivity index (χ0) is 17.2. The minimum Gasteiger partial charge on any atom is -0.458 e. The van der Waals surface area contributed by atoms with Crippen molar-refractivity contribution in [2.24, 2.45) is 0 Å². The van der Waals surface area contributed by atoms with Gasteiger partial charge in [-0.3, -0.25) is 9.69 Å².